The molecule has 1 fully saturated rings. The Kier molecular flexibility index (Phi) is 7.80. The van der Waals surface area contributed by atoms with Gasteiger partial charge in [-0.3, -0.25) is 0 Å². The zero-order chi connectivity index (χ0) is 27.5. The van der Waals surface area contributed by atoms with E-state index in [9.17, 15) is 45.6 Å². The number of piperazine rings is 1. The first kappa shape index (κ1) is 27.5. The minimum absolute atomic E-state index is 0.0951. The number of hydrogen-bond acceptors (Lipinski definition) is 6. The van der Waals surface area contributed by atoms with Crippen LogP contribution in [0.25, 0.3) is 0 Å². The van der Waals surface area contributed by atoms with Crippen molar-refractivity contribution in [3.63, 3.8) is 0 Å². The largest absolute Gasteiger partial charge is 0.462 e. The topological polar surface area (TPSA) is 98.6 Å². The van der Waals surface area contributed by atoms with Gasteiger partial charge in [-0.25, -0.2) is 19.0 Å². The number of aromatic nitrogens is 1. The number of carbonyl (C=O) groups excluding carboxylic acids is 2. The molecule has 2 aromatic rings. The van der Waals surface area contributed by atoms with Gasteiger partial charge >= 0.3 is 24.4 Å². The van der Waals surface area contributed by atoms with Gasteiger partial charge in [0.1, 0.15) is 17.7 Å². The van der Waals surface area contributed by atoms with Gasteiger partial charge in [0.25, 0.3) is 0 Å². The molecule has 3 rings (SSSR count). The summed E-state index contributed by atoms with van der Waals surface area (Å²) in [5.41, 5.74) is -4.51. The van der Waals surface area contributed by atoms with E-state index in [0.29, 0.717) is 12.1 Å². The number of ether oxygens (including phenoxy) is 1. The molecular weight excluding hydrogens is 515 g/mol. The molecule has 0 atom stereocenters. The van der Waals surface area contributed by atoms with Crippen LogP contribution >= 0.6 is 0 Å². The highest BCUT2D eigenvalue weighted by Gasteiger charge is 2.40. The molecule has 8 nitrogen and oxygen atoms in total. The third kappa shape index (κ3) is 6.38. The number of halogens is 7. The number of nitriles is 1. The zero-order valence-electron chi connectivity index (χ0n) is 19.0. The summed E-state index contributed by atoms with van der Waals surface area (Å²) >= 11 is 0. The van der Waals surface area contributed by atoms with Crippen molar-refractivity contribution in [3.05, 3.63) is 52.5 Å². The fourth-order valence-electron chi connectivity index (χ4n) is 3.56. The molecule has 1 aromatic carbocycles. The van der Waals surface area contributed by atoms with E-state index in [2.05, 4.69) is 15.0 Å². The van der Waals surface area contributed by atoms with E-state index in [1.165, 1.54) is 11.8 Å². The smallest absolute Gasteiger partial charge is 0.434 e. The lowest BCUT2D eigenvalue weighted by atomic mass is 10.1. The highest BCUT2D eigenvalue weighted by atomic mass is 19.4. The molecule has 198 valence electrons. The Balaban J connectivity index is 1.78. The maximum absolute atomic E-state index is 13.6. The van der Waals surface area contributed by atoms with Crippen LogP contribution in [-0.4, -0.2) is 54.7 Å². The third-order valence-electron chi connectivity index (χ3n) is 5.23. The maximum atomic E-state index is 13.6. The Labute approximate surface area is 205 Å². The number of anilines is 2. The number of nitrogens with one attached hydrogen (secondary N) is 1. The fraction of sp³-hybridized carbons (Fsp3) is 0.364. The molecule has 0 aliphatic carbocycles. The molecule has 0 spiro atoms. The van der Waals surface area contributed by atoms with Crippen LogP contribution in [0.1, 0.15) is 34.1 Å². The van der Waals surface area contributed by atoms with Gasteiger partial charge in [-0.05, 0) is 31.2 Å². The first-order valence-corrected chi connectivity index (χ1v) is 10.6. The lowest BCUT2D eigenvalue weighted by molar-refractivity contribution is -0.141. The average Bonchev–Trinajstić information content (AvgIpc) is 2.82. The van der Waals surface area contributed by atoms with E-state index in [4.69, 9.17) is 0 Å². The van der Waals surface area contributed by atoms with Crippen LogP contribution in [0.15, 0.2) is 24.3 Å². The first-order valence-electron chi connectivity index (χ1n) is 10.6. The standard InChI is InChI=1S/C22H18F7N5O3/c1-2-37-19(35)16-7-12(11-30)18(32-17(16)22(27,28)29)33-3-5-34(6-4-33)20(36)31-15-9-13(21(24,25)26)8-14(23)10-15/h7-10H,2-6H2,1H3,(H,31,36). The predicted octanol–water partition coefficient (Wildman–Crippen LogP) is 4.66. The van der Waals surface area contributed by atoms with Crippen molar-refractivity contribution in [2.75, 3.05) is 43.0 Å². The van der Waals surface area contributed by atoms with Gasteiger partial charge in [-0.1, -0.05) is 0 Å². The van der Waals surface area contributed by atoms with Crippen LogP contribution in [0, 0.1) is 17.1 Å². The van der Waals surface area contributed by atoms with Crippen molar-refractivity contribution in [1.82, 2.24) is 9.88 Å². The summed E-state index contributed by atoms with van der Waals surface area (Å²) in [6.45, 7) is 0.792. The number of amides is 2. The van der Waals surface area contributed by atoms with E-state index in [1.54, 1.807) is 6.07 Å². The Bertz CT molecular complexity index is 1230. The SMILES string of the molecule is CCOC(=O)c1cc(C#N)c(N2CCN(C(=O)Nc3cc(F)cc(C(F)(F)F)c3)CC2)nc1C(F)(F)F. The van der Waals surface area contributed by atoms with Crippen LogP contribution < -0.4 is 10.2 Å². The monoisotopic (exact) mass is 533 g/mol. The van der Waals surface area contributed by atoms with Crippen LogP contribution in [0.4, 0.5) is 47.0 Å². The fourth-order valence-corrected chi connectivity index (χ4v) is 3.56. The molecule has 1 N–H and O–H groups in total. The second-order valence-corrected chi connectivity index (χ2v) is 7.72. The van der Waals surface area contributed by atoms with Crippen LogP contribution in [-0.2, 0) is 17.1 Å². The van der Waals surface area contributed by atoms with Gasteiger partial charge in [-0.2, -0.15) is 31.6 Å². The summed E-state index contributed by atoms with van der Waals surface area (Å²) < 4.78 is 97.7. The van der Waals surface area contributed by atoms with Gasteiger partial charge in [0, 0.05) is 31.9 Å². The number of urea groups is 1. The molecule has 2 amide bonds. The lowest BCUT2D eigenvalue weighted by Crippen LogP contribution is -2.50. The van der Waals surface area contributed by atoms with Crippen molar-refractivity contribution in [3.8, 4) is 6.07 Å². The number of carbonyl (C=O) groups is 2. The van der Waals surface area contributed by atoms with Gasteiger partial charge < -0.3 is 19.9 Å². The van der Waals surface area contributed by atoms with E-state index < -0.39 is 52.7 Å². The molecule has 2 heterocycles. The molecule has 1 saturated heterocycles. The molecule has 1 aromatic heterocycles. The minimum Gasteiger partial charge on any atom is -0.462 e. The molecule has 0 radical (unpaired) electrons. The van der Waals surface area contributed by atoms with E-state index in [1.807, 2.05) is 0 Å². The van der Waals surface area contributed by atoms with Crippen molar-refractivity contribution < 1.29 is 45.1 Å². The number of alkyl halides is 6. The molecule has 1 aliphatic rings. The number of nitrogens with zero attached hydrogens (tertiary/aromatic N) is 4. The Morgan fingerprint density at radius 3 is 2.24 bits per heavy atom. The summed E-state index contributed by atoms with van der Waals surface area (Å²) in [6.07, 6.45) is -9.87. The van der Waals surface area contributed by atoms with Crippen molar-refractivity contribution in [2.24, 2.45) is 0 Å². The number of rotatable bonds is 4. The molecular formula is C22H18F7N5O3. The average molecular weight is 533 g/mol. The van der Waals surface area contributed by atoms with Crippen molar-refractivity contribution in [2.45, 2.75) is 19.3 Å². The molecule has 1 aliphatic heterocycles. The second kappa shape index (κ2) is 10.5. The predicted molar refractivity (Wildman–Crippen MR) is 114 cm³/mol. The summed E-state index contributed by atoms with van der Waals surface area (Å²) in [6, 6.07) is 3.12. The van der Waals surface area contributed by atoms with Crippen LogP contribution in [0.2, 0.25) is 0 Å². The highest BCUT2D eigenvalue weighted by molar-refractivity contribution is 5.92. The van der Waals surface area contributed by atoms with Crippen LogP contribution in [0.3, 0.4) is 0 Å². The minimum atomic E-state index is -5.03. The molecule has 37 heavy (non-hydrogen) atoms. The normalized spacial score (nSPS) is 14.2. The summed E-state index contributed by atoms with van der Waals surface area (Å²) in [5, 5.41) is 11.6. The van der Waals surface area contributed by atoms with Gasteiger partial charge in [0.05, 0.1) is 23.3 Å². The number of esters is 1. The van der Waals surface area contributed by atoms with E-state index >= 15 is 0 Å². The number of benzene rings is 1. The van der Waals surface area contributed by atoms with E-state index in [-0.39, 0.29) is 50.2 Å². The quantitative estimate of drug-likeness (QED) is 0.454. The maximum Gasteiger partial charge on any atom is 0.434 e. The Hall–Kier alpha value is -4.09. The summed E-state index contributed by atoms with van der Waals surface area (Å²) in [5.74, 6) is -2.86. The zero-order valence-corrected chi connectivity index (χ0v) is 19.0. The van der Waals surface area contributed by atoms with Crippen molar-refractivity contribution in [1.29, 1.82) is 5.26 Å². The summed E-state index contributed by atoms with van der Waals surface area (Å²) in [7, 11) is 0. The Morgan fingerprint density at radius 1 is 1.05 bits per heavy atom. The lowest BCUT2D eigenvalue weighted by Gasteiger charge is -2.36. The molecule has 0 unspecified atom stereocenters. The molecule has 0 bridgehead atoms. The van der Waals surface area contributed by atoms with Gasteiger partial charge in [0.15, 0.2) is 5.69 Å². The number of hydrogen-bond donors (Lipinski definition) is 1. The number of pyridine rings is 1. The first-order chi connectivity index (χ1) is 17.2. The van der Waals surface area contributed by atoms with E-state index in [0.717, 1.165) is 11.0 Å². The van der Waals surface area contributed by atoms with Gasteiger partial charge in [-0.15, -0.1) is 0 Å². The molecule has 0 saturated carbocycles. The van der Waals surface area contributed by atoms with Crippen molar-refractivity contribution >= 4 is 23.5 Å². The molecule has 15 heteroatoms. The summed E-state index contributed by atoms with van der Waals surface area (Å²) in [4.78, 5) is 30.5. The van der Waals surface area contributed by atoms with Crippen LogP contribution in [0.5, 0.6) is 0 Å². The third-order valence-corrected chi connectivity index (χ3v) is 5.23. The highest BCUT2D eigenvalue weighted by Crippen LogP contribution is 2.35. The Morgan fingerprint density at radius 2 is 1.70 bits per heavy atom. The second-order valence-electron chi connectivity index (χ2n) is 7.72. The van der Waals surface area contributed by atoms with Gasteiger partial charge in [0.2, 0.25) is 0 Å².